The van der Waals surface area contributed by atoms with Crippen LogP contribution in [0.2, 0.25) is 0 Å². The molecule has 0 bridgehead atoms. The van der Waals surface area contributed by atoms with Crippen LogP contribution in [-0.4, -0.2) is 38.7 Å². The third-order valence-electron chi connectivity index (χ3n) is 4.22. The predicted octanol–water partition coefficient (Wildman–Crippen LogP) is 3.55. The van der Waals surface area contributed by atoms with Gasteiger partial charge in [-0.15, -0.1) is 0 Å². The monoisotopic (exact) mass is 434 g/mol. The number of halogens is 2. The van der Waals surface area contributed by atoms with E-state index in [1.54, 1.807) is 32.2 Å². The molecule has 0 saturated carbocycles. The molecule has 0 spiro atoms. The van der Waals surface area contributed by atoms with Crippen LogP contribution in [0.1, 0.15) is 25.0 Å². The maximum Gasteiger partial charge on any atom is 0.387 e. The van der Waals surface area contributed by atoms with E-state index in [1.165, 1.54) is 6.92 Å². The fourth-order valence-corrected chi connectivity index (χ4v) is 2.88. The van der Waals surface area contributed by atoms with Gasteiger partial charge in [-0.3, -0.25) is 9.79 Å². The van der Waals surface area contributed by atoms with Gasteiger partial charge in [-0.25, -0.2) is 0 Å². The van der Waals surface area contributed by atoms with Crippen molar-refractivity contribution in [3.63, 3.8) is 0 Å². The summed E-state index contributed by atoms with van der Waals surface area (Å²) in [6.07, 6.45) is 0.737. The smallest absolute Gasteiger partial charge is 0.387 e. The number of guanidine groups is 1. The van der Waals surface area contributed by atoms with Crippen molar-refractivity contribution in [3.8, 4) is 11.5 Å². The first kappa shape index (κ1) is 23.9. The van der Waals surface area contributed by atoms with E-state index in [9.17, 15) is 13.6 Å². The Balaban J connectivity index is 1.91. The lowest BCUT2D eigenvalue weighted by atomic mass is 10.1. The second-order valence-corrected chi connectivity index (χ2v) is 6.54. The van der Waals surface area contributed by atoms with Gasteiger partial charge < -0.3 is 25.4 Å². The van der Waals surface area contributed by atoms with Crippen LogP contribution < -0.4 is 25.4 Å². The number of benzene rings is 2. The molecule has 0 fully saturated rings. The summed E-state index contributed by atoms with van der Waals surface area (Å²) < 4.78 is 35.8. The van der Waals surface area contributed by atoms with Crippen LogP contribution in [0.25, 0.3) is 0 Å². The lowest BCUT2D eigenvalue weighted by Gasteiger charge is -2.17. The number of amides is 1. The minimum atomic E-state index is -2.95. The first-order valence-corrected chi connectivity index (χ1v) is 9.93. The minimum Gasteiger partial charge on any atom is -0.490 e. The highest BCUT2D eigenvalue weighted by molar-refractivity contribution is 5.88. The van der Waals surface area contributed by atoms with Crippen molar-refractivity contribution in [2.24, 2.45) is 4.99 Å². The molecule has 7 nitrogen and oxygen atoms in total. The number of alkyl halides is 2. The quantitative estimate of drug-likeness (QED) is 0.393. The summed E-state index contributed by atoms with van der Waals surface area (Å²) in [6.45, 7) is 1.47. The highest BCUT2D eigenvalue weighted by Crippen LogP contribution is 2.32. The SMILES string of the molecule is CCOc1cccc(CNC(=NC)NCCc2ccc(NC(C)=O)cc2)c1OC(F)F. The second kappa shape index (κ2) is 12.4. The Hall–Kier alpha value is -3.36. The van der Waals surface area contributed by atoms with Gasteiger partial charge in [-0.2, -0.15) is 8.78 Å². The summed E-state index contributed by atoms with van der Waals surface area (Å²) in [5.74, 6) is 0.701. The Labute approximate surface area is 180 Å². The molecule has 3 N–H and O–H groups in total. The van der Waals surface area contributed by atoms with E-state index in [2.05, 4.69) is 25.7 Å². The number of hydrogen-bond acceptors (Lipinski definition) is 4. The van der Waals surface area contributed by atoms with Crippen LogP contribution in [0, 0.1) is 0 Å². The van der Waals surface area contributed by atoms with Crippen LogP contribution in [0.3, 0.4) is 0 Å². The highest BCUT2D eigenvalue weighted by Gasteiger charge is 2.16. The first-order chi connectivity index (χ1) is 14.9. The Morgan fingerprint density at radius 2 is 1.87 bits per heavy atom. The fourth-order valence-electron chi connectivity index (χ4n) is 2.88. The number of rotatable bonds is 10. The van der Waals surface area contributed by atoms with E-state index in [0.717, 1.165) is 17.7 Å². The fraction of sp³-hybridized carbons (Fsp3) is 0.364. The Morgan fingerprint density at radius 1 is 1.13 bits per heavy atom. The van der Waals surface area contributed by atoms with Crippen LogP contribution in [0.5, 0.6) is 11.5 Å². The number of nitrogens with zero attached hydrogens (tertiary/aromatic N) is 1. The highest BCUT2D eigenvalue weighted by atomic mass is 19.3. The van der Waals surface area contributed by atoms with Crippen molar-refractivity contribution in [2.45, 2.75) is 33.4 Å². The largest absolute Gasteiger partial charge is 0.490 e. The molecule has 0 atom stereocenters. The number of hydrogen-bond donors (Lipinski definition) is 3. The summed E-state index contributed by atoms with van der Waals surface area (Å²) in [6, 6.07) is 12.6. The molecule has 0 heterocycles. The number of aliphatic imine (C=N–C) groups is 1. The maximum atomic E-state index is 12.8. The van der Waals surface area contributed by atoms with Gasteiger partial charge in [0, 0.05) is 38.3 Å². The molecule has 9 heteroatoms. The molecule has 0 aliphatic rings. The Morgan fingerprint density at radius 3 is 2.48 bits per heavy atom. The van der Waals surface area contributed by atoms with Crippen molar-refractivity contribution < 1.29 is 23.0 Å². The molecular weight excluding hydrogens is 406 g/mol. The summed E-state index contributed by atoms with van der Waals surface area (Å²) in [7, 11) is 1.63. The predicted molar refractivity (Wildman–Crippen MR) is 117 cm³/mol. The van der Waals surface area contributed by atoms with E-state index in [0.29, 0.717) is 24.7 Å². The van der Waals surface area contributed by atoms with Gasteiger partial charge in [0.25, 0.3) is 0 Å². The number of carbonyl (C=O) groups excluding carboxylic acids is 1. The lowest BCUT2D eigenvalue weighted by molar-refractivity contribution is -0.114. The molecule has 0 radical (unpaired) electrons. The molecule has 2 aromatic rings. The molecule has 0 saturated heterocycles. The molecule has 0 aliphatic carbocycles. The van der Waals surface area contributed by atoms with Crippen molar-refractivity contribution >= 4 is 17.6 Å². The lowest BCUT2D eigenvalue weighted by Crippen LogP contribution is -2.38. The molecular formula is C22H28F2N4O3. The number of para-hydroxylation sites is 1. The van der Waals surface area contributed by atoms with Gasteiger partial charge >= 0.3 is 6.61 Å². The normalized spacial score (nSPS) is 11.2. The number of carbonyl (C=O) groups is 1. The van der Waals surface area contributed by atoms with Crippen molar-refractivity contribution in [3.05, 3.63) is 53.6 Å². The molecule has 2 aromatic carbocycles. The molecule has 0 aliphatic heterocycles. The van der Waals surface area contributed by atoms with Gasteiger partial charge in [-0.1, -0.05) is 24.3 Å². The minimum absolute atomic E-state index is 0.0153. The summed E-state index contributed by atoms with van der Waals surface area (Å²) in [5, 5.41) is 9.01. The summed E-state index contributed by atoms with van der Waals surface area (Å²) >= 11 is 0. The van der Waals surface area contributed by atoms with Gasteiger partial charge in [-0.05, 0) is 37.1 Å². The average molecular weight is 434 g/mol. The zero-order valence-corrected chi connectivity index (χ0v) is 17.9. The van der Waals surface area contributed by atoms with Crippen LogP contribution >= 0.6 is 0 Å². The molecule has 0 unspecified atom stereocenters. The molecule has 1 amide bonds. The van der Waals surface area contributed by atoms with Crippen LogP contribution in [0.15, 0.2) is 47.5 Å². The average Bonchev–Trinajstić information content (AvgIpc) is 2.73. The van der Waals surface area contributed by atoms with Crippen molar-refractivity contribution in [2.75, 3.05) is 25.5 Å². The number of anilines is 1. The van der Waals surface area contributed by atoms with E-state index in [-0.39, 0.29) is 24.0 Å². The topological polar surface area (TPSA) is 84.0 Å². The Bertz CT molecular complexity index is 874. The first-order valence-electron chi connectivity index (χ1n) is 9.93. The van der Waals surface area contributed by atoms with Crippen molar-refractivity contribution in [1.29, 1.82) is 0 Å². The van der Waals surface area contributed by atoms with E-state index in [1.807, 2.05) is 24.3 Å². The van der Waals surface area contributed by atoms with E-state index in [4.69, 9.17) is 4.74 Å². The molecule has 168 valence electrons. The van der Waals surface area contributed by atoms with Gasteiger partial charge in [0.05, 0.1) is 6.61 Å². The van der Waals surface area contributed by atoms with Crippen molar-refractivity contribution in [1.82, 2.24) is 10.6 Å². The third-order valence-corrected chi connectivity index (χ3v) is 4.22. The molecule has 31 heavy (non-hydrogen) atoms. The second-order valence-electron chi connectivity index (χ2n) is 6.54. The van der Waals surface area contributed by atoms with Crippen LogP contribution in [-0.2, 0) is 17.8 Å². The summed E-state index contributed by atoms with van der Waals surface area (Å²) in [4.78, 5) is 15.2. The molecule has 2 rings (SSSR count). The van der Waals surface area contributed by atoms with Gasteiger partial charge in [0.2, 0.25) is 5.91 Å². The van der Waals surface area contributed by atoms with E-state index >= 15 is 0 Å². The zero-order chi connectivity index (χ0) is 22.6. The van der Waals surface area contributed by atoms with Gasteiger partial charge in [0.15, 0.2) is 17.5 Å². The standard InChI is InChI=1S/C22H28F2N4O3/c1-4-30-19-7-5-6-17(20(19)31-21(23)24)14-27-22(25-3)26-13-12-16-8-10-18(11-9-16)28-15(2)29/h5-11,21H,4,12-14H2,1-3H3,(H,28,29)(H2,25,26,27). The third kappa shape index (κ3) is 8.12. The zero-order valence-electron chi connectivity index (χ0n) is 17.9. The number of ether oxygens (including phenoxy) is 2. The molecule has 0 aromatic heterocycles. The maximum absolute atomic E-state index is 12.8. The Kier molecular flexibility index (Phi) is 9.54. The van der Waals surface area contributed by atoms with Gasteiger partial charge in [0.1, 0.15) is 0 Å². The van der Waals surface area contributed by atoms with Crippen LogP contribution in [0.4, 0.5) is 14.5 Å². The number of nitrogens with one attached hydrogen (secondary N) is 3. The summed E-state index contributed by atoms with van der Waals surface area (Å²) in [5.41, 5.74) is 2.37. The van der Waals surface area contributed by atoms with E-state index < -0.39 is 6.61 Å².